The third-order valence-corrected chi connectivity index (χ3v) is 2.42. The van der Waals surface area contributed by atoms with Crippen LogP contribution in [0.15, 0.2) is 24.3 Å². The van der Waals surface area contributed by atoms with E-state index in [0.717, 1.165) is 18.3 Å². The average molecular weight is 212 g/mol. The number of terminal acetylenes is 1. The van der Waals surface area contributed by atoms with E-state index in [0.29, 0.717) is 11.1 Å². The molecule has 0 aliphatic heterocycles. The Kier molecular flexibility index (Phi) is 5.08. The van der Waals surface area contributed by atoms with E-state index in [9.17, 15) is 4.79 Å². The standard InChI is InChI=1S/C15H16O/c1-3-5-6-7-9-13-10-8-11-14(12-16)15(13)4-2/h2,7-12H,3,5-6H2,1H3. The molecule has 0 unspecified atom stereocenters. The van der Waals surface area contributed by atoms with E-state index in [1.807, 2.05) is 18.2 Å². The highest BCUT2D eigenvalue weighted by Gasteiger charge is 2.01. The van der Waals surface area contributed by atoms with Crippen LogP contribution in [0.2, 0.25) is 0 Å². The first-order valence-corrected chi connectivity index (χ1v) is 5.54. The predicted octanol–water partition coefficient (Wildman–Crippen LogP) is 3.68. The van der Waals surface area contributed by atoms with Crippen molar-refractivity contribution in [1.29, 1.82) is 0 Å². The molecule has 0 aliphatic carbocycles. The van der Waals surface area contributed by atoms with Gasteiger partial charge >= 0.3 is 0 Å². The Morgan fingerprint density at radius 2 is 2.12 bits per heavy atom. The van der Waals surface area contributed by atoms with Crippen molar-refractivity contribution in [1.82, 2.24) is 0 Å². The fraction of sp³-hybridized carbons (Fsp3) is 0.267. The number of carbonyl (C=O) groups excluding carboxylic acids is 1. The number of benzene rings is 1. The minimum absolute atomic E-state index is 0.583. The highest BCUT2D eigenvalue weighted by Crippen LogP contribution is 2.14. The zero-order chi connectivity index (χ0) is 11.8. The Bertz CT molecular complexity index is 422. The summed E-state index contributed by atoms with van der Waals surface area (Å²) in [5, 5.41) is 0. The summed E-state index contributed by atoms with van der Waals surface area (Å²) in [4.78, 5) is 10.8. The Hall–Kier alpha value is -1.81. The van der Waals surface area contributed by atoms with Crippen LogP contribution in [0.3, 0.4) is 0 Å². The van der Waals surface area contributed by atoms with Crippen LogP contribution in [0, 0.1) is 12.3 Å². The van der Waals surface area contributed by atoms with E-state index in [1.165, 1.54) is 12.8 Å². The molecule has 0 heterocycles. The molecular formula is C15H16O. The second-order valence-electron chi connectivity index (χ2n) is 3.62. The van der Waals surface area contributed by atoms with Crippen LogP contribution in [0.5, 0.6) is 0 Å². The van der Waals surface area contributed by atoms with Crippen molar-refractivity contribution in [3.8, 4) is 12.3 Å². The molecule has 82 valence electrons. The Morgan fingerprint density at radius 1 is 1.38 bits per heavy atom. The molecule has 0 N–H and O–H groups in total. The lowest BCUT2D eigenvalue weighted by Gasteiger charge is -2.01. The molecule has 0 saturated carbocycles. The van der Waals surface area contributed by atoms with E-state index in [4.69, 9.17) is 6.42 Å². The summed E-state index contributed by atoms with van der Waals surface area (Å²) in [5.41, 5.74) is 2.22. The second kappa shape index (κ2) is 6.63. The molecule has 1 nitrogen and oxygen atoms in total. The summed E-state index contributed by atoms with van der Waals surface area (Å²) in [5.74, 6) is 2.57. The van der Waals surface area contributed by atoms with Gasteiger partial charge in [0.1, 0.15) is 0 Å². The first-order valence-electron chi connectivity index (χ1n) is 5.54. The van der Waals surface area contributed by atoms with Gasteiger partial charge in [0.15, 0.2) is 6.29 Å². The molecule has 0 radical (unpaired) electrons. The Morgan fingerprint density at radius 3 is 2.75 bits per heavy atom. The smallest absolute Gasteiger partial charge is 0.151 e. The molecule has 16 heavy (non-hydrogen) atoms. The highest BCUT2D eigenvalue weighted by atomic mass is 16.1. The zero-order valence-electron chi connectivity index (χ0n) is 9.57. The van der Waals surface area contributed by atoms with E-state index < -0.39 is 0 Å². The molecule has 1 aromatic rings. The molecule has 1 aromatic carbocycles. The minimum atomic E-state index is 0.583. The van der Waals surface area contributed by atoms with Gasteiger partial charge in [-0.1, -0.05) is 56.0 Å². The fourth-order valence-electron chi connectivity index (χ4n) is 1.52. The van der Waals surface area contributed by atoms with E-state index >= 15 is 0 Å². The molecule has 1 heteroatoms. The van der Waals surface area contributed by atoms with Gasteiger partial charge in [0.2, 0.25) is 0 Å². The molecular weight excluding hydrogens is 196 g/mol. The zero-order valence-corrected chi connectivity index (χ0v) is 9.57. The molecule has 0 aromatic heterocycles. The van der Waals surface area contributed by atoms with Gasteiger partial charge in [-0.3, -0.25) is 4.79 Å². The highest BCUT2D eigenvalue weighted by molar-refractivity contribution is 5.82. The minimum Gasteiger partial charge on any atom is -0.298 e. The van der Waals surface area contributed by atoms with E-state index in [1.54, 1.807) is 6.07 Å². The maximum absolute atomic E-state index is 10.8. The number of unbranched alkanes of at least 4 members (excludes halogenated alkanes) is 2. The number of aldehydes is 1. The molecule has 0 aliphatic rings. The average Bonchev–Trinajstić information content (AvgIpc) is 2.34. The van der Waals surface area contributed by atoms with E-state index in [2.05, 4.69) is 18.9 Å². The number of rotatable bonds is 5. The van der Waals surface area contributed by atoms with Gasteiger partial charge in [0.05, 0.1) is 0 Å². The molecule has 1 rings (SSSR count). The quantitative estimate of drug-likeness (QED) is 0.413. The van der Waals surface area contributed by atoms with Crippen LogP contribution < -0.4 is 0 Å². The SMILES string of the molecule is C#Cc1c(C=O)cccc1C=CCCCC. The molecule has 0 fully saturated rings. The Balaban J connectivity index is 2.92. The molecule has 0 bridgehead atoms. The summed E-state index contributed by atoms with van der Waals surface area (Å²) < 4.78 is 0. The van der Waals surface area contributed by atoms with Crippen molar-refractivity contribution in [2.75, 3.05) is 0 Å². The van der Waals surface area contributed by atoms with Crippen LogP contribution >= 0.6 is 0 Å². The predicted molar refractivity (Wildman–Crippen MR) is 68.3 cm³/mol. The molecule has 0 spiro atoms. The monoisotopic (exact) mass is 212 g/mol. The lowest BCUT2D eigenvalue weighted by Crippen LogP contribution is -1.90. The lowest BCUT2D eigenvalue weighted by atomic mass is 10.0. The fourth-order valence-corrected chi connectivity index (χ4v) is 1.52. The van der Waals surface area contributed by atoms with Gasteiger partial charge in [-0.15, -0.1) is 6.42 Å². The normalized spacial score (nSPS) is 10.2. The number of hydrogen-bond donors (Lipinski definition) is 0. The Labute approximate surface area is 97.2 Å². The largest absolute Gasteiger partial charge is 0.298 e. The molecule has 0 amide bonds. The van der Waals surface area contributed by atoms with Crippen molar-refractivity contribution in [2.45, 2.75) is 26.2 Å². The number of hydrogen-bond acceptors (Lipinski definition) is 1. The second-order valence-corrected chi connectivity index (χ2v) is 3.62. The number of allylic oxidation sites excluding steroid dienone is 1. The number of carbonyl (C=O) groups is 1. The van der Waals surface area contributed by atoms with Crippen LogP contribution in [-0.4, -0.2) is 6.29 Å². The van der Waals surface area contributed by atoms with Gasteiger partial charge in [0, 0.05) is 11.1 Å². The van der Waals surface area contributed by atoms with Gasteiger partial charge in [-0.05, 0) is 12.0 Å². The van der Waals surface area contributed by atoms with Crippen molar-refractivity contribution in [3.05, 3.63) is 41.0 Å². The maximum atomic E-state index is 10.8. The van der Waals surface area contributed by atoms with Crippen molar-refractivity contribution in [2.24, 2.45) is 0 Å². The summed E-state index contributed by atoms with van der Waals surface area (Å²) in [6, 6.07) is 5.53. The van der Waals surface area contributed by atoms with Crippen molar-refractivity contribution < 1.29 is 4.79 Å². The summed E-state index contributed by atoms with van der Waals surface area (Å²) in [6.45, 7) is 2.16. The molecule has 0 saturated heterocycles. The lowest BCUT2D eigenvalue weighted by molar-refractivity contribution is 0.112. The van der Waals surface area contributed by atoms with Gasteiger partial charge in [0.25, 0.3) is 0 Å². The van der Waals surface area contributed by atoms with Crippen LogP contribution in [0.25, 0.3) is 6.08 Å². The first kappa shape index (κ1) is 12.3. The summed E-state index contributed by atoms with van der Waals surface area (Å²) in [7, 11) is 0. The third-order valence-electron chi connectivity index (χ3n) is 2.42. The van der Waals surface area contributed by atoms with Crippen molar-refractivity contribution >= 4 is 12.4 Å². The van der Waals surface area contributed by atoms with Gasteiger partial charge < -0.3 is 0 Å². The summed E-state index contributed by atoms with van der Waals surface area (Å²) >= 11 is 0. The van der Waals surface area contributed by atoms with Gasteiger partial charge in [-0.2, -0.15) is 0 Å². The van der Waals surface area contributed by atoms with Crippen LogP contribution in [0.4, 0.5) is 0 Å². The topological polar surface area (TPSA) is 17.1 Å². The first-order chi connectivity index (χ1) is 7.83. The van der Waals surface area contributed by atoms with Crippen molar-refractivity contribution in [3.63, 3.8) is 0 Å². The van der Waals surface area contributed by atoms with E-state index in [-0.39, 0.29) is 0 Å². The molecule has 0 atom stereocenters. The third kappa shape index (κ3) is 3.10. The summed E-state index contributed by atoms with van der Waals surface area (Å²) in [6.07, 6.45) is 13.7. The van der Waals surface area contributed by atoms with Gasteiger partial charge in [-0.25, -0.2) is 0 Å². The van der Waals surface area contributed by atoms with Crippen LogP contribution in [-0.2, 0) is 0 Å². The maximum Gasteiger partial charge on any atom is 0.151 e. The van der Waals surface area contributed by atoms with Crippen LogP contribution in [0.1, 0.15) is 47.7 Å².